The molecule has 7 nitrogen and oxygen atoms in total. The van der Waals surface area contributed by atoms with E-state index in [-0.39, 0.29) is 36.5 Å². The molecular formula is C26H27ClN2O5S2. The first-order valence-corrected chi connectivity index (χ1v) is 14.0. The number of thiophene rings is 1. The van der Waals surface area contributed by atoms with Crippen molar-refractivity contribution in [1.82, 2.24) is 9.21 Å². The van der Waals surface area contributed by atoms with Gasteiger partial charge in [0.1, 0.15) is 18.1 Å². The number of amides is 1. The fraction of sp³-hybridized carbons (Fsp3) is 0.269. The Kier molecular flexibility index (Phi) is 8.35. The molecule has 2 aromatic carbocycles. The average Bonchev–Trinajstić information content (AvgIpc) is 3.36. The molecule has 0 spiro atoms. The molecular weight excluding hydrogens is 520 g/mol. The minimum atomic E-state index is -3.93. The van der Waals surface area contributed by atoms with Crippen LogP contribution < -0.4 is 9.47 Å². The van der Waals surface area contributed by atoms with Gasteiger partial charge in [-0.1, -0.05) is 23.7 Å². The van der Waals surface area contributed by atoms with Crippen molar-refractivity contribution in [3.05, 3.63) is 88.1 Å². The molecule has 10 heteroatoms. The molecule has 1 aromatic heterocycles. The lowest BCUT2D eigenvalue weighted by Crippen LogP contribution is -2.47. The number of nitrogens with zero attached hydrogens (tertiary/aromatic N) is 2. The highest BCUT2D eigenvalue weighted by atomic mass is 35.5. The van der Waals surface area contributed by atoms with Gasteiger partial charge in [-0.2, -0.15) is 4.31 Å². The summed E-state index contributed by atoms with van der Waals surface area (Å²) in [6, 6.07) is 14.8. The number of hydrogen-bond acceptors (Lipinski definition) is 6. The Morgan fingerprint density at radius 2 is 1.97 bits per heavy atom. The number of methoxy groups -OCH3 is 1. The Morgan fingerprint density at radius 1 is 1.22 bits per heavy atom. The Labute approximate surface area is 220 Å². The maximum absolute atomic E-state index is 13.6. The molecule has 0 N–H and O–H groups in total. The van der Waals surface area contributed by atoms with E-state index in [1.54, 1.807) is 29.4 Å². The van der Waals surface area contributed by atoms with Crippen LogP contribution in [0.3, 0.4) is 0 Å². The Balaban J connectivity index is 1.56. The van der Waals surface area contributed by atoms with Gasteiger partial charge in [0.2, 0.25) is 15.9 Å². The number of benzene rings is 2. The van der Waals surface area contributed by atoms with E-state index in [1.807, 2.05) is 29.6 Å². The smallest absolute Gasteiger partial charge is 0.243 e. The van der Waals surface area contributed by atoms with E-state index in [2.05, 4.69) is 6.58 Å². The van der Waals surface area contributed by atoms with E-state index in [4.69, 9.17) is 21.1 Å². The second-order valence-electron chi connectivity index (χ2n) is 8.18. The minimum absolute atomic E-state index is 0.000776. The van der Waals surface area contributed by atoms with E-state index in [0.29, 0.717) is 29.5 Å². The van der Waals surface area contributed by atoms with Crippen LogP contribution in [0, 0.1) is 0 Å². The predicted octanol–water partition coefficient (Wildman–Crippen LogP) is 4.79. The number of ether oxygens (including phenoxy) is 2. The van der Waals surface area contributed by atoms with Crippen LogP contribution >= 0.6 is 22.9 Å². The van der Waals surface area contributed by atoms with E-state index < -0.39 is 10.0 Å². The molecule has 1 aliphatic rings. The molecule has 1 atom stereocenters. The van der Waals surface area contributed by atoms with Crippen molar-refractivity contribution in [2.24, 2.45) is 0 Å². The summed E-state index contributed by atoms with van der Waals surface area (Å²) in [5, 5.41) is 2.44. The second-order valence-corrected chi connectivity index (χ2v) is 11.6. The molecule has 3 aromatic rings. The number of sulfonamides is 1. The van der Waals surface area contributed by atoms with Crippen LogP contribution in [0.25, 0.3) is 0 Å². The Bertz CT molecular complexity index is 1320. The van der Waals surface area contributed by atoms with Crippen LogP contribution in [0.4, 0.5) is 0 Å². The number of rotatable bonds is 10. The Morgan fingerprint density at radius 3 is 2.69 bits per heavy atom. The van der Waals surface area contributed by atoms with E-state index >= 15 is 0 Å². The van der Waals surface area contributed by atoms with Crippen LogP contribution in [0.1, 0.15) is 16.5 Å². The van der Waals surface area contributed by atoms with Gasteiger partial charge in [-0.3, -0.25) is 4.79 Å². The summed E-state index contributed by atoms with van der Waals surface area (Å²) in [5.74, 6) is 1.00. The molecule has 0 fully saturated rings. The number of halogens is 1. The third kappa shape index (κ3) is 5.75. The zero-order chi connectivity index (χ0) is 25.7. The van der Waals surface area contributed by atoms with Crippen molar-refractivity contribution in [2.45, 2.75) is 17.4 Å². The van der Waals surface area contributed by atoms with Crippen molar-refractivity contribution in [3.63, 3.8) is 0 Å². The van der Waals surface area contributed by atoms with Gasteiger partial charge in [0.05, 0.1) is 24.6 Å². The van der Waals surface area contributed by atoms with Crippen LogP contribution in [-0.4, -0.2) is 56.9 Å². The number of hydrogen-bond donors (Lipinski definition) is 0. The number of carbonyl (C=O) groups excluding carboxylic acids is 1. The average molecular weight is 547 g/mol. The van der Waals surface area contributed by atoms with Gasteiger partial charge in [0, 0.05) is 29.1 Å². The summed E-state index contributed by atoms with van der Waals surface area (Å²) < 4.78 is 39.1. The maximum Gasteiger partial charge on any atom is 0.243 e. The summed E-state index contributed by atoms with van der Waals surface area (Å²) in [6.07, 6.45) is 2.18. The molecule has 190 valence electrons. The van der Waals surface area contributed by atoms with Gasteiger partial charge >= 0.3 is 0 Å². The quantitative estimate of drug-likeness (QED) is 0.342. The zero-order valence-corrected chi connectivity index (χ0v) is 22.2. The van der Waals surface area contributed by atoms with Crippen molar-refractivity contribution in [3.8, 4) is 11.5 Å². The lowest BCUT2D eigenvalue weighted by atomic mass is 10.0. The summed E-state index contributed by atoms with van der Waals surface area (Å²) in [6.45, 7) is 4.07. The van der Waals surface area contributed by atoms with Gasteiger partial charge in [0.25, 0.3) is 0 Å². The lowest BCUT2D eigenvalue weighted by Gasteiger charge is -2.36. The van der Waals surface area contributed by atoms with E-state index in [9.17, 15) is 13.2 Å². The molecule has 0 aliphatic carbocycles. The molecule has 2 heterocycles. The van der Waals surface area contributed by atoms with Crippen LogP contribution in [0.15, 0.2) is 77.5 Å². The van der Waals surface area contributed by atoms with Gasteiger partial charge in [-0.15, -0.1) is 17.9 Å². The molecule has 0 unspecified atom stereocenters. The number of carbonyl (C=O) groups is 1. The Hall–Kier alpha value is -2.85. The summed E-state index contributed by atoms with van der Waals surface area (Å²) in [5.41, 5.74) is 1.03. The molecule has 4 rings (SSSR count). The first-order valence-electron chi connectivity index (χ1n) is 11.3. The molecule has 0 radical (unpaired) electrons. The van der Waals surface area contributed by atoms with E-state index in [0.717, 1.165) is 9.87 Å². The topological polar surface area (TPSA) is 76.2 Å². The fourth-order valence-corrected chi connectivity index (χ4v) is 6.54. The lowest BCUT2D eigenvalue weighted by molar-refractivity contribution is -0.135. The highest BCUT2D eigenvalue weighted by molar-refractivity contribution is 7.89. The first kappa shape index (κ1) is 26.2. The minimum Gasteiger partial charge on any atom is -0.497 e. The zero-order valence-electron chi connectivity index (χ0n) is 19.8. The second kappa shape index (κ2) is 11.5. The molecule has 0 saturated carbocycles. The van der Waals surface area contributed by atoms with E-state index in [1.165, 1.54) is 35.2 Å². The molecule has 36 heavy (non-hydrogen) atoms. The van der Waals surface area contributed by atoms with Crippen LogP contribution in [0.5, 0.6) is 11.5 Å². The molecule has 1 amide bonds. The third-order valence-electron chi connectivity index (χ3n) is 5.96. The fourth-order valence-electron chi connectivity index (χ4n) is 4.13. The summed E-state index contributed by atoms with van der Waals surface area (Å²) in [4.78, 5) is 16.5. The van der Waals surface area contributed by atoms with Gasteiger partial charge in [0.15, 0.2) is 0 Å². The first-order chi connectivity index (χ1) is 17.3. The van der Waals surface area contributed by atoms with Gasteiger partial charge in [-0.05, 0) is 59.8 Å². The largest absolute Gasteiger partial charge is 0.497 e. The van der Waals surface area contributed by atoms with Crippen molar-refractivity contribution in [1.29, 1.82) is 0 Å². The standard InChI is InChI=1S/C26H27ClN2O5S2/c1-3-13-28(36(31,32)22-9-7-19(27)8-10-22)17-26(30)29-14-11-25-23(12-15-35-25)24(29)18-34-21-6-4-5-20(16-21)33-2/h3-10,12,15-16,24H,1,11,13-14,17-18H2,2H3/t24-/m1/s1. The highest BCUT2D eigenvalue weighted by Crippen LogP contribution is 2.34. The maximum atomic E-state index is 13.6. The van der Waals surface area contributed by atoms with Crippen molar-refractivity contribution >= 4 is 38.9 Å². The van der Waals surface area contributed by atoms with Gasteiger partial charge < -0.3 is 14.4 Å². The summed E-state index contributed by atoms with van der Waals surface area (Å²) in [7, 11) is -2.34. The van der Waals surface area contributed by atoms with Gasteiger partial charge in [-0.25, -0.2) is 8.42 Å². The summed E-state index contributed by atoms with van der Waals surface area (Å²) >= 11 is 7.58. The normalized spacial score (nSPS) is 15.4. The molecule has 0 bridgehead atoms. The van der Waals surface area contributed by atoms with Crippen LogP contribution in [0.2, 0.25) is 5.02 Å². The third-order valence-corrected chi connectivity index (χ3v) is 9.03. The van der Waals surface area contributed by atoms with Crippen molar-refractivity contribution < 1.29 is 22.7 Å². The number of fused-ring (bicyclic) bond motifs is 1. The predicted molar refractivity (Wildman–Crippen MR) is 141 cm³/mol. The monoisotopic (exact) mass is 546 g/mol. The highest BCUT2D eigenvalue weighted by Gasteiger charge is 2.35. The molecule has 0 saturated heterocycles. The van der Waals surface area contributed by atoms with Crippen molar-refractivity contribution in [2.75, 3.05) is 33.4 Å². The SMILES string of the molecule is C=CCN(CC(=O)N1CCc2sccc2[C@H]1COc1cccc(OC)c1)S(=O)(=O)c1ccc(Cl)cc1. The molecule has 1 aliphatic heterocycles. The van der Waals surface area contributed by atoms with Crippen LogP contribution in [-0.2, 0) is 21.2 Å².